The Labute approximate surface area is 121 Å². The Morgan fingerprint density at radius 1 is 0.900 bits per heavy atom. The molecule has 2 aromatic rings. The zero-order valence-electron chi connectivity index (χ0n) is 12.8. The van der Waals surface area contributed by atoms with Gasteiger partial charge in [-0.1, -0.05) is 35.9 Å². The fourth-order valence-corrected chi connectivity index (χ4v) is 2.52. The van der Waals surface area contributed by atoms with Gasteiger partial charge in [-0.15, -0.1) is 0 Å². The molecule has 0 aliphatic heterocycles. The van der Waals surface area contributed by atoms with Crippen LogP contribution in [0.2, 0.25) is 0 Å². The van der Waals surface area contributed by atoms with Gasteiger partial charge in [0.2, 0.25) is 0 Å². The van der Waals surface area contributed by atoms with E-state index in [0.29, 0.717) is 0 Å². The highest BCUT2D eigenvalue weighted by molar-refractivity contribution is 5.50. The zero-order valence-corrected chi connectivity index (χ0v) is 12.8. The summed E-state index contributed by atoms with van der Waals surface area (Å²) in [6.07, 6.45) is -0.663. The summed E-state index contributed by atoms with van der Waals surface area (Å²) in [5, 5.41) is 10.7. The molecule has 0 radical (unpaired) electrons. The first-order chi connectivity index (χ1) is 9.45. The number of hydrogen-bond acceptors (Lipinski definition) is 2. The lowest BCUT2D eigenvalue weighted by Gasteiger charge is -2.20. The van der Waals surface area contributed by atoms with Gasteiger partial charge in [-0.2, -0.15) is 0 Å². The van der Waals surface area contributed by atoms with Gasteiger partial charge in [0.25, 0.3) is 0 Å². The number of hydrogen-bond donors (Lipinski definition) is 1. The molecule has 0 bridgehead atoms. The second kappa shape index (κ2) is 5.68. The topological polar surface area (TPSA) is 29.5 Å². The van der Waals surface area contributed by atoms with E-state index in [1.165, 1.54) is 5.56 Å². The van der Waals surface area contributed by atoms with Crippen LogP contribution in [0.25, 0.3) is 0 Å². The number of aliphatic hydroxyl groups excluding tert-OH is 1. The molecule has 1 unspecified atom stereocenters. The SMILES string of the molecule is COc1c(C(O)c2cc(C)ccc2C)ccc(C)c1C. The van der Waals surface area contributed by atoms with Crippen molar-refractivity contribution < 1.29 is 9.84 Å². The number of aliphatic hydroxyl groups is 1. The molecule has 0 saturated heterocycles. The Balaban J connectivity index is 2.56. The predicted molar refractivity (Wildman–Crippen MR) is 82.4 cm³/mol. The standard InChI is InChI=1S/C18H22O2/c1-11-6-7-13(3)16(10-11)17(19)15-9-8-12(2)14(4)18(15)20-5/h6-10,17,19H,1-5H3. The van der Waals surface area contributed by atoms with Gasteiger partial charge < -0.3 is 9.84 Å². The van der Waals surface area contributed by atoms with Gasteiger partial charge in [0.15, 0.2) is 0 Å². The summed E-state index contributed by atoms with van der Waals surface area (Å²) in [6, 6.07) is 10.1. The number of methoxy groups -OCH3 is 1. The summed E-state index contributed by atoms with van der Waals surface area (Å²) in [7, 11) is 1.65. The van der Waals surface area contributed by atoms with Gasteiger partial charge in [-0.05, 0) is 49.9 Å². The summed E-state index contributed by atoms with van der Waals surface area (Å²) in [5.74, 6) is 0.776. The molecule has 2 rings (SSSR count). The number of benzene rings is 2. The first kappa shape index (κ1) is 14.6. The molecule has 0 aliphatic carbocycles. The minimum Gasteiger partial charge on any atom is -0.496 e. The molecule has 0 aromatic heterocycles. The molecule has 20 heavy (non-hydrogen) atoms. The van der Waals surface area contributed by atoms with E-state index in [0.717, 1.165) is 33.6 Å². The van der Waals surface area contributed by atoms with E-state index >= 15 is 0 Å². The molecule has 0 aliphatic rings. The Kier molecular flexibility index (Phi) is 4.15. The van der Waals surface area contributed by atoms with E-state index in [9.17, 15) is 5.11 Å². The van der Waals surface area contributed by atoms with Crippen molar-refractivity contribution in [2.45, 2.75) is 33.8 Å². The van der Waals surface area contributed by atoms with Gasteiger partial charge in [0.1, 0.15) is 11.9 Å². The molecule has 2 nitrogen and oxygen atoms in total. The highest BCUT2D eigenvalue weighted by atomic mass is 16.5. The first-order valence-corrected chi connectivity index (χ1v) is 6.85. The van der Waals surface area contributed by atoms with Crippen molar-refractivity contribution in [2.75, 3.05) is 7.11 Å². The van der Waals surface area contributed by atoms with Crippen LogP contribution < -0.4 is 4.74 Å². The number of ether oxygens (including phenoxy) is 1. The summed E-state index contributed by atoms with van der Waals surface area (Å²) in [6.45, 7) is 8.12. The Bertz CT molecular complexity index is 630. The van der Waals surface area contributed by atoms with Gasteiger partial charge in [-0.3, -0.25) is 0 Å². The van der Waals surface area contributed by atoms with Gasteiger partial charge >= 0.3 is 0 Å². The summed E-state index contributed by atoms with van der Waals surface area (Å²) in [5.41, 5.74) is 6.24. The number of aryl methyl sites for hydroxylation is 3. The van der Waals surface area contributed by atoms with E-state index in [1.54, 1.807) is 7.11 Å². The quantitative estimate of drug-likeness (QED) is 0.913. The lowest BCUT2D eigenvalue weighted by Crippen LogP contribution is -2.06. The van der Waals surface area contributed by atoms with Gasteiger partial charge in [0, 0.05) is 5.56 Å². The highest BCUT2D eigenvalue weighted by Crippen LogP contribution is 2.35. The van der Waals surface area contributed by atoms with Crippen LogP contribution in [0.3, 0.4) is 0 Å². The fourth-order valence-electron chi connectivity index (χ4n) is 2.52. The van der Waals surface area contributed by atoms with Crippen molar-refractivity contribution in [3.8, 4) is 5.75 Å². The second-order valence-electron chi connectivity index (χ2n) is 5.39. The first-order valence-electron chi connectivity index (χ1n) is 6.85. The average Bonchev–Trinajstić information content (AvgIpc) is 2.43. The number of rotatable bonds is 3. The molecule has 0 heterocycles. The smallest absolute Gasteiger partial charge is 0.128 e. The second-order valence-corrected chi connectivity index (χ2v) is 5.39. The largest absolute Gasteiger partial charge is 0.496 e. The molecule has 0 fully saturated rings. The minimum atomic E-state index is -0.663. The fraction of sp³-hybridized carbons (Fsp3) is 0.333. The Morgan fingerprint density at radius 3 is 2.20 bits per heavy atom. The van der Waals surface area contributed by atoms with E-state index in [2.05, 4.69) is 6.07 Å². The molecule has 0 spiro atoms. The van der Waals surface area contributed by atoms with Crippen molar-refractivity contribution in [1.29, 1.82) is 0 Å². The molecule has 0 saturated carbocycles. The zero-order chi connectivity index (χ0) is 14.9. The monoisotopic (exact) mass is 270 g/mol. The van der Waals surface area contributed by atoms with Crippen LogP contribution in [-0.4, -0.2) is 12.2 Å². The lowest BCUT2D eigenvalue weighted by molar-refractivity contribution is 0.213. The molecule has 1 N–H and O–H groups in total. The van der Waals surface area contributed by atoms with Crippen LogP contribution in [0, 0.1) is 27.7 Å². The van der Waals surface area contributed by atoms with E-state index < -0.39 is 6.10 Å². The van der Waals surface area contributed by atoms with Crippen molar-refractivity contribution >= 4 is 0 Å². The van der Waals surface area contributed by atoms with E-state index in [-0.39, 0.29) is 0 Å². The maximum atomic E-state index is 10.7. The van der Waals surface area contributed by atoms with Crippen LogP contribution in [0.5, 0.6) is 5.75 Å². The van der Waals surface area contributed by atoms with E-state index in [1.807, 2.05) is 52.0 Å². The Morgan fingerprint density at radius 2 is 1.55 bits per heavy atom. The molecule has 1 atom stereocenters. The minimum absolute atomic E-state index is 0.663. The van der Waals surface area contributed by atoms with Crippen molar-refractivity contribution in [3.05, 3.63) is 63.7 Å². The molecule has 106 valence electrons. The van der Waals surface area contributed by atoms with Gasteiger partial charge in [0.05, 0.1) is 7.11 Å². The van der Waals surface area contributed by atoms with Gasteiger partial charge in [-0.25, -0.2) is 0 Å². The molecule has 2 aromatic carbocycles. The maximum absolute atomic E-state index is 10.7. The van der Waals surface area contributed by atoms with Crippen molar-refractivity contribution in [3.63, 3.8) is 0 Å². The third-order valence-electron chi connectivity index (χ3n) is 3.94. The maximum Gasteiger partial charge on any atom is 0.128 e. The molecular weight excluding hydrogens is 248 g/mol. The summed E-state index contributed by atoms with van der Waals surface area (Å²) in [4.78, 5) is 0. The average molecular weight is 270 g/mol. The van der Waals surface area contributed by atoms with Crippen LogP contribution in [0.4, 0.5) is 0 Å². The molecule has 0 amide bonds. The lowest BCUT2D eigenvalue weighted by atomic mass is 9.93. The summed E-state index contributed by atoms with van der Waals surface area (Å²) < 4.78 is 5.51. The van der Waals surface area contributed by atoms with Crippen LogP contribution >= 0.6 is 0 Å². The summed E-state index contributed by atoms with van der Waals surface area (Å²) >= 11 is 0. The third kappa shape index (κ3) is 2.56. The third-order valence-corrected chi connectivity index (χ3v) is 3.94. The van der Waals surface area contributed by atoms with Crippen molar-refractivity contribution in [2.24, 2.45) is 0 Å². The van der Waals surface area contributed by atoms with E-state index in [4.69, 9.17) is 4.74 Å². The van der Waals surface area contributed by atoms with Crippen molar-refractivity contribution in [1.82, 2.24) is 0 Å². The predicted octanol–water partition coefficient (Wildman–Crippen LogP) is 4.01. The Hall–Kier alpha value is -1.80. The molecule has 2 heteroatoms. The highest BCUT2D eigenvalue weighted by Gasteiger charge is 2.19. The van der Waals surface area contributed by atoms with Crippen LogP contribution in [0.15, 0.2) is 30.3 Å². The normalized spacial score (nSPS) is 12.3. The molecular formula is C18H22O2. The van der Waals surface area contributed by atoms with Crippen LogP contribution in [0.1, 0.15) is 39.5 Å². The van der Waals surface area contributed by atoms with Crippen LogP contribution in [-0.2, 0) is 0 Å².